The summed E-state index contributed by atoms with van der Waals surface area (Å²) in [6.45, 7) is 5.59. The lowest BCUT2D eigenvalue weighted by Gasteiger charge is -2.40. The van der Waals surface area contributed by atoms with Gasteiger partial charge in [0.05, 0.1) is 0 Å². The van der Waals surface area contributed by atoms with Crippen molar-refractivity contribution in [3.05, 3.63) is 65.7 Å². The molecule has 1 heterocycles. The molecule has 6 heteroatoms. The molecule has 2 aromatic carbocycles. The van der Waals surface area contributed by atoms with Crippen LogP contribution < -0.4 is 5.73 Å². The Kier molecular flexibility index (Phi) is 8.23. The van der Waals surface area contributed by atoms with Gasteiger partial charge in [0, 0.05) is 43.5 Å². The second-order valence-corrected chi connectivity index (χ2v) is 6.19. The molecule has 1 aliphatic heterocycles. The number of nitrogen functional groups attached to an aromatic ring is 1. The Morgan fingerprint density at radius 1 is 1.08 bits per heavy atom. The highest BCUT2D eigenvalue weighted by atomic mass is 35.5. The Morgan fingerprint density at radius 3 is 2.44 bits per heavy atom. The number of piperazine rings is 1. The minimum Gasteiger partial charge on any atom is -0.399 e. The number of anilines is 1. The number of nitrogens with zero attached hydrogens (tertiary/aromatic N) is 2. The summed E-state index contributed by atoms with van der Waals surface area (Å²) in [5.74, 6) is 0.0733. The van der Waals surface area contributed by atoms with Crippen LogP contribution in [0.2, 0.25) is 0 Å². The number of rotatable bonds is 3. The first-order valence-electron chi connectivity index (χ1n) is 8.06. The van der Waals surface area contributed by atoms with Crippen LogP contribution in [0.3, 0.4) is 0 Å². The Labute approximate surface area is 161 Å². The molecule has 4 nitrogen and oxygen atoms in total. The molecule has 0 aliphatic carbocycles. The first-order chi connectivity index (χ1) is 11.1. The van der Waals surface area contributed by atoms with Gasteiger partial charge in [0.1, 0.15) is 0 Å². The van der Waals surface area contributed by atoms with Crippen molar-refractivity contribution in [2.45, 2.75) is 19.5 Å². The molecule has 0 aromatic heterocycles. The smallest absolute Gasteiger partial charge is 0.254 e. The van der Waals surface area contributed by atoms with Crippen LogP contribution in [0.1, 0.15) is 22.8 Å². The van der Waals surface area contributed by atoms with Crippen LogP contribution in [0.4, 0.5) is 5.69 Å². The number of benzene rings is 2. The zero-order valence-corrected chi connectivity index (χ0v) is 15.9. The van der Waals surface area contributed by atoms with Crippen LogP contribution in [0.25, 0.3) is 0 Å². The predicted molar refractivity (Wildman–Crippen MR) is 108 cm³/mol. The molecule has 3 rings (SSSR count). The second-order valence-electron chi connectivity index (χ2n) is 6.19. The van der Waals surface area contributed by atoms with E-state index in [0.29, 0.717) is 11.3 Å². The standard InChI is InChI=1S/C19H23N3O.2ClH/c1-15-13-21(14-16-6-3-2-4-7-16)10-11-22(15)19(23)17-8-5-9-18(20)12-17;;/h2-9,12,15H,10-11,13-14,20H2,1H3;2*1H. The summed E-state index contributed by atoms with van der Waals surface area (Å²) in [5, 5.41) is 0. The van der Waals surface area contributed by atoms with Crippen molar-refractivity contribution in [3.8, 4) is 0 Å². The number of hydrogen-bond acceptors (Lipinski definition) is 3. The van der Waals surface area contributed by atoms with Crippen LogP contribution in [0.5, 0.6) is 0 Å². The van der Waals surface area contributed by atoms with E-state index in [-0.39, 0.29) is 36.8 Å². The number of nitrogens with two attached hydrogens (primary N) is 1. The molecule has 1 fully saturated rings. The summed E-state index contributed by atoms with van der Waals surface area (Å²) in [4.78, 5) is 17.0. The van der Waals surface area contributed by atoms with Gasteiger partial charge in [0.25, 0.3) is 5.91 Å². The molecule has 0 saturated carbocycles. The van der Waals surface area contributed by atoms with E-state index in [1.807, 2.05) is 23.1 Å². The van der Waals surface area contributed by atoms with Gasteiger partial charge in [-0.15, -0.1) is 24.8 Å². The largest absolute Gasteiger partial charge is 0.399 e. The van der Waals surface area contributed by atoms with Crippen molar-refractivity contribution >= 4 is 36.4 Å². The third kappa shape index (κ3) is 5.36. The molecule has 0 spiro atoms. The molecule has 0 bridgehead atoms. The van der Waals surface area contributed by atoms with Gasteiger partial charge >= 0.3 is 0 Å². The lowest BCUT2D eigenvalue weighted by Crippen LogP contribution is -2.53. The van der Waals surface area contributed by atoms with Crippen molar-refractivity contribution in [3.63, 3.8) is 0 Å². The summed E-state index contributed by atoms with van der Waals surface area (Å²) < 4.78 is 0. The SMILES string of the molecule is CC1CN(Cc2ccccc2)CCN1C(=O)c1cccc(N)c1.Cl.Cl. The van der Waals surface area contributed by atoms with E-state index in [9.17, 15) is 4.79 Å². The molecule has 1 aliphatic rings. The molecule has 1 atom stereocenters. The molecular formula is C19H25Cl2N3O. The maximum Gasteiger partial charge on any atom is 0.254 e. The van der Waals surface area contributed by atoms with E-state index in [2.05, 4.69) is 36.1 Å². The minimum absolute atomic E-state index is 0. The maximum absolute atomic E-state index is 12.7. The lowest BCUT2D eigenvalue weighted by molar-refractivity contribution is 0.0475. The summed E-state index contributed by atoms with van der Waals surface area (Å²) in [7, 11) is 0. The fourth-order valence-electron chi connectivity index (χ4n) is 3.16. The molecule has 0 radical (unpaired) electrons. The van der Waals surface area contributed by atoms with Crippen molar-refractivity contribution in [1.29, 1.82) is 0 Å². The summed E-state index contributed by atoms with van der Waals surface area (Å²) in [6, 6.07) is 17.9. The zero-order valence-electron chi connectivity index (χ0n) is 14.3. The first kappa shape index (κ1) is 21.3. The number of halogens is 2. The predicted octanol–water partition coefficient (Wildman–Crippen LogP) is 3.46. The highest BCUT2D eigenvalue weighted by Crippen LogP contribution is 2.17. The average Bonchev–Trinajstić information content (AvgIpc) is 2.55. The molecule has 25 heavy (non-hydrogen) atoms. The zero-order chi connectivity index (χ0) is 16.2. The molecule has 2 aromatic rings. The Morgan fingerprint density at radius 2 is 1.80 bits per heavy atom. The van der Waals surface area contributed by atoms with Gasteiger partial charge in [-0.25, -0.2) is 0 Å². The van der Waals surface area contributed by atoms with Gasteiger partial charge in [-0.05, 0) is 30.7 Å². The highest BCUT2D eigenvalue weighted by molar-refractivity contribution is 5.95. The average molecular weight is 382 g/mol. The fraction of sp³-hybridized carbons (Fsp3) is 0.316. The fourth-order valence-corrected chi connectivity index (χ4v) is 3.16. The molecule has 1 amide bonds. The Hall–Kier alpha value is -1.75. The van der Waals surface area contributed by atoms with E-state index in [1.165, 1.54) is 5.56 Å². The summed E-state index contributed by atoms with van der Waals surface area (Å²) >= 11 is 0. The van der Waals surface area contributed by atoms with Crippen molar-refractivity contribution in [2.75, 3.05) is 25.4 Å². The van der Waals surface area contributed by atoms with E-state index in [0.717, 1.165) is 26.2 Å². The number of amides is 1. The molecule has 136 valence electrons. The van der Waals surface area contributed by atoms with Crippen molar-refractivity contribution in [1.82, 2.24) is 9.80 Å². The van der Waals surface area contributed by atoms with Crippen LogP contribution >= 0.6 is 24.8 Å². The number of carbonyl (C=O) groups excluding carboxylic acids is 1. The van der Waals surface area contributed by atoms with E-state index in [1.54, 1.807) is 12.1 Å². The van der Waals surface area contributed by atoms with Gasteiger partial charge in [-0.2, -0.15) is 0 Å². The number of hydrogen-bond donors (Lipinski definition) is 1. The summed E-state index contributed by atoms with van der Waals surface area (Å²) in [6.07, 6.45) is 0. The highest BCUT2D eigenvalue weighted by Gasteiger charge is 2.28. The number of carbonyl (C=O) groups is 1. The van der Waals surface area contributed by atoms with Crippen molar-refractivity contribution in [2.24, 2.45) is 0 Å². The van der Waals surface area contributed by atoms with E-state index < -0.39 is 0 Å². The monoisotopic (exact) mass is 381 g/mol. The van der Waals surface area contributed by atoms with Gasteiger partial charge in [0.2, 0.25) is 0 Å². The van der Waals surface area contributed by atoms with Gasteiger partial charge in [-0.3, -0.25) is 9.69 Å². The van der Waals surface area contributed by atoms with Crippen molar-refractivity contribution < 1.29 is 4.79 Å². The molecule has 1 saturated heterocycles. The maximum atomic E-state index is 12.7. The third-order valence-corrected chi connectivity index (χ3v) is 4.36. The molecular weight excluding hydrogens is 357 g/mol. The normalized spacial score (nSPS) is 17.3. The van der Waals surface area contributed by atoms with Gasteiger partial charge in [-0.1, -0.05) is 36.4 Å². The third-order valence-electron chi connectivity index (χ3n) is 4.36. The van der Waals surface area contributed by atoms with E-state index in [4.69, 9.17) is 5.73 Å². The molecule has 2 N–H and O–H groups in total. The van der Waals surface area contributed by atoms with Crippen LogP contribution in [-0.2, 0) is 6.54 Å². The van der Waals surface area contributed by atoms with Crippen LogP contribution in [0.15, 0.2) is 54.6 Å². The quantitative estimate of drug-likeness (QED) is 0.828. The molecule has 1 unspecified atom stereocenters. The Balaban J connectivity index is 0.00000156. The second kappa shape index (κ2) is 9.66. The minimum atomic E-state index is 0. The lowest BCUT2D eigenvalue weighted by atomic mass is 10.1. The topological polar surface area (TPSA) is 49.6 Å². The summed E-state index contributed by atoms with van der Waals surface area (Å²) in [5.41, 5.74) is 8.41. The first-order valence-corrected chi connectivity index (χ1v) is 8.06. The van der Waals surface area contributed by atoms with Gasteiger partial charge in [0.15, 0.2) is 0 Å². The van der Waals surface area contributed by atoms with Crippen LogP contribution in [0, 0.1) is 0 Å². The van der Waals surface area contributed by atoms with Crippen LogP contribution in [-0.4, -0.2) is 41.4 Å². The van der Waals surface area contributed by atoms with E-state index >= 15 is 0 Å². The Bertz CT molecular complexity index is 681. The van der Waals surface area contributed by atoms with Gasteiger partial charge < -0.3 is 10.6 Å².